The van der Waals surface area contributed by atoms with Crippen LogP contribution in [0.1, 0.15) is 145 Å². The molecule has 1 N–H and O–H groups in total. The summed E-state index contributed by atoms with van der Waals surface area (Å²) in [6, 6.07) is 8.06. The summed E-state index contributed by atoms with van der Waals surface area (Å²) in [5.74, 6) is 1.58. The summed E-state index contributed by atoms with van der Waals surface area (Å²) >= 11 is 6.20. The van der Waals surface area contributed by atoms with Crippen LogP contribution in [0.4, 0.5) is 0 Å². The van der Waals surface area contributed by atoms with Gasteiger partial charge in [0.2, 0.25) is 5.91 Å². The summed E-state index contributed by atoms with van der Waals surface area (Å²) in [6.45, 7) is 26.9. The van der Waals surface area contributed by atoms with Crippen molar-refractivity contribution < 1.29 is 19.1 Å². The lowest BCUT2D eigenvalue weighted by atomic mass is 9.33. The number of nitrogens with one attached hydrogen (secondary N) is 1. The first-order valence-corrected chi connectivity index (χ1v) is 24.6. The van der Waals surface area contributed by atoms with Gasteiger partial charge in [-0.15, -0.1) is 0 Å². The lowest BCUT2D eigenvalue weighted by Crippen LogP contribution is -2.64. The normalized spacial score (nSPS) is 34.3. The Morgan fingerprint density at radius 1 is 0.887 bits per heavy atom. The molecule has 1 amide bonds. The van der Waals surface area contributed by atoms with E-state index in [1.165, 1.54) is 35.1 Å². The van der Waals surface area contributed by atoms with Crippen LogP contribution in [0.25, 0.3) is 0 Å². The Balaban J connectivity index is 1.11. The predicted molar refractivity (Wildman–Crippen MR) is 252 cm³/mol. The Hall–Kier alpha value is -2.74. The quantitative estimate of drug-likeness (QED) is 0.211. The van der Waals surface area contributed by atoms with E-state index < -0.39 is 11.0 Å². The maximum atomic E-state index is 14.9. The number of carbonyl (C=O) groups excluding carboxylic acids is 3. The first-order chi connectivity index (χ1) is 29.0. The molecule has 3 fully saturated rings. The zero-order chi connectivity index (χ0) is 45.2. The Morgan fingerprint density at radius 2 is 1.60 bits per heavy atom. The number of nitrogens with zero attached hydrogens (tertiary/aromatic N) is 2. The van der Waals surface area contributed by atoms with Crippen molar-refractivity contribution in [1.82, 2.24) is 15.1 Å². The zero-order valence-corrected chi connectivity index (χ0v) is 41.3. The highest BCUT2D eigenvalue weighted by molar-refractivity contribution is 6.30. The van der Waals surface area contributed by atoms with Crippen LogP contribution in [0, 0.1) is 56.7 Å². The molecule has 0 heterocycles. The van der Waals surface area contributed by atoms with E-state index in [1.807, 2.05) is 32.9 Å². The van der Waals surface area contributed by atoms with Gasteiger partial charge in [0, 0.05) is 44.2 Å². The number of likely N-dealkylation sites (N-methyl/N-ethyl adjacent to an activating group) is 1. The number of benzene rings is 1. The van der Waals surface area contributed by atoms with Crippen LogP contribution in [-0.4, -0.2) is 73.3 Å². The fourth-order valence-electron chi connectivity index (χ4n) is 14.7. The Labute approximate surface area is 380 Å². The average Bonchev–Trinajstić information content (AvgIpc) is 3.50. The van der Waals surface area contributed by atoms with E-state index in [9.17, 15) is 14.4 Å². The van der Waals surface area contributed by atoms with Gasteiger partial charge in [-0.1, -0.05) is 84.4 Å². The largest absolute Gasteiger partial charge is 0.460 e. The van der Waals surface area contributed by atoms with E-state index in [0.717, 1.165) is 88.1 Å². The molecule has 8 atom stereocenters. The molecule has 0 spiro atoms. The monoisotopic (exact) mass is 870 g/mol. The maximum absolute atomic E-state index is 14.9. The van der Waals surface area contributed by atoms with Crippen LogP contribution < -0.4 is 5.32 Å². The number of amides is 1. The van der Waals surface area contributed by atoms with Gasteiger partial charge in [0.15, 0.2) is 5.78 Å². The van der Waals surface area contributed by atoms with Gasteiger partial charge >= 0.3 is 5.97 Å². The summed E-state index contributed by atoms with van der Waals surface area (Å²) in [5, 5.41) is 4.18. The standard InChI is InChI=1S/C54H80ClN3O4/c1-35(2)45-42(59)33-54(48(61)56-29-30-58(32-31-57(11)12)34-36-13-19-39(55)20-14-36)28-27-52(9)41(46(45)54)21-22-44-51(8)25-23-40(50(6,7)43(51)24-26-53(44,52)10)37-15-17-38(18-16-37)47(60)62-49(3,4)5/h13-15,19-20,23,35,38,41,43-44H,16-18,21-22,24-34H2,1-12H3,(H,56,61)/t38-,41?,43?,44?,51-,52+,53+,54+/m0/s1. The van der Waals surface area contributed by atoms with Gasteiger partial charge < -0.3 is 15.0 Å². The van der Waals surface area contributed by atoms with Gasteiger partial charge in [-0.05, 0) is 184 Å². The third-order valence-electron chi connectivity index (χ3n) is 17.8. The molecule has 6 aliphatic carbocycles. The Bertz CT molecular complexity index is 1990. The lowest BCUT2D eigenvalue weighted by Gasteiger charge is -2.71. The second-order valence-electron chi connectivity index (χ2n) is 23.5. The molecule has 0 aliphatic heterocycles. The fourth-order valence-corrected chi connectivity index (χ4v) is 14.8. The first kappa shape index (κ1) is 47.2. The highest BCUT2D eigenvalue weighted by atomic mass is 35.5. The number of ketones is 1. The number of allylic oxidation sites excluding steroid dienone is 5. The minimum absolute atomic E-state index is 0.00790. The number of ether oxygens (including phenoxy) is 1. The second-order valence-corrected chi connectivity index (χ2v) is 24.0. The second kappa shape index (κ2) is 17.2. The zero-order valence-electron chi connectivity index (χ0n) is 40.6. The van der Waals surface area contributed by atoms with Gasteiger partial charge in [-0.25, -0.2) is 0 Å². The molecule has 7 nitrogen and oxygen atoms in total. The lowest BCUT2D eigenvalue weighted by molar-refractivity contribution is -0.199. The molecule has 6 aliphatic rings. The number of Topliss-reactive ketones (excluding diaryl/α,β-unsaturated/α-hetero) is 1. The van der Waals surface area contributed by atoms with E-state index in [0.29, 0.717) is 24.8 Å². The molecule has 1 aromatic rings. The first-order valence-electron chi connectivity index (χ1n) is 24.3. The van der Waals surface area contributed by atoms with Crippen molar-refractivity contribution in [1.29, 1.82) is 0 Å². The van der Waals surface area contributed by atoms with Crippen molar-refractivity contribution in [3.05, 3.63) is 69.3 Å². The molecule has 3 saturated carbocycles. The van der Waals surface area contributed by atoms with Crippen molar-refractivity contribution in [2.45, 2.75) is 152 Å². The third-order valence-corrected chi connectivity index (χ3v) is 18.1. The molecule has 1 aromatic carbocycles. The molecule has 7 rings (SSSR count). The van der Waals surface area contributed by atoms with Crippen molar-refractivity contribution in [3.8, 4) is 0 Å². The topological polar surface area (TPSA) is 79.0 Å². The summed E-state index contributed by atoms with van der Waals surface area (Å²) in [6.07, 6.45) is 15.2. The molecule has 0 radical (unpaired) electrons. The number of hydrogen-bond acceptors (Lipinski definition) is 6. The summed E-state index contributed by atoms with van der Waals surface area (Å²) in [5.41, 5.74) is 5.40. The van der Waals surface area contributed by atoms with Gasteiger partial charge in [0.1, 0.15) is 5.60 Å². The van der Waals surface area contributed by atoms with Crippen LogP contribution in [0.2, 0.25) is 5.02 Å². The predicted octanol–water partition coefficient (Wildman–Crippen LogP) is 11.4. The van der Waals surface area contributed by atoms with Gasteiger partial charge in [0.25, 0.3) is 0 Å². The molecule has 3 unspecified atom stereocenters. The van der Waals surface area contributed by atoms with Crippen LogP contribution in [0.5, 0.6) is 0 Å². The number of hydrogen-bond donors (Lipinski definition) is 1. The summed E-state index contributed by atoms with van der Waals surface area (Å²) < 4.78 is 5.78. The highest BCUT2D eigenvalue weighted by Gasteiger charge is 2.70. The van der Waals surface area contributed by atoms with E-state index >= 15 is 0 Å². The van der Waals surface area contributed by atoms with Crippen molar-refractivity contribution in [2.75, 3.05) is 40.3 Å². The van der Waals surface area contributed by atoms with Gasteiger partial charge in [-0.3, -0.25) is 19.3 Å². The van der Waals surface area contributed by atoms with E-state index in [-0.39, 0.29) is 57.1 Å². The maximum Gasteiger partial charge on any atom is 0.309 e. The van der Waals surface area contributed by atoms with Crippen LogP contribution in [0.3, 0.4) is 0 Å². The molecule has 0 saturated heterocycles. The molecule has 342 valence electrons. The minimum atomic E-state index is -0.753. The average molecular weight is 871 g/mol. The Morgan fingerprint density at radius 3 is 2.23 bits per heavy atom. The smallest absolute Gasteiger partial charge is 0.309 e. The number of fused-ring (bicyclic) bond motifs is 7. The molecule has 0 aromatic heterocycles. The number of esters is 1. The van der Waals surface area contributed by atoms with Crippen LogP contribution in [-0.2, 0) is 25.7 Å². The van der Waals surface area contributed by atoms with E-state index in [4.69, 9.17) is 16.3 Å². The van der Waals surface area contributed by atoms with E-state index in [1.54, 1.807) is 0 Å². The molecule has 8 heteroatoms. The molecular formula is C54H80ClN3O4. The van der Waals surface area contributed by atoms with E-state index in [2.05, 4.69) is 102 Å². The van der Waals surface area contributed by atoms with Gasteiger partial charge in [0.05, 0.1) is 11.3 Å². The van der Waals surface area contributed by atoms with Crippen LogP contribution in [0.15, 0.2) is 58.7 Å². The SMILES string of the molecule is CC(C)C1=C2C3CCC4[C@@]5(C)CC=C(C6=CC[C@H](C(=O)OC(C)(C)C)CC6)C(C)(C)C5CC[C@@]4(C)[C@]3(C)CC[C@@]2(C(=O)NCCN(CCN(C)C)Cc2ccc(Cl)cc2)CC1=O. The number of carbonyl (C=O) groups is 3. The van der Waals surface area contributed by atoms with Crippen LogP contribution >= 0.6 is 11.6 Å². The molecule has 62 heavy (non-hydrogen) atoms. The van der Waals surface area contributed by atoms with Crippen molar-refractivity contribution in [3.63, 3.8) is 0 Å². The number of halogens is 1. The van der Waals surface area contributed by atoms with Crippen molar-refractivity contribution >= 4 is 29.3 Å². The molecule has 0 bridgehead atoms. The highest BCUT2D eigenvalue weighted by Crippen LogP contribution is 2.77. The van der Waals surface area contributed by atoms with Crippen molar-refractivity contribution in [2.24, 2.45) is 56.7 Å². The van der Waals surface area contributed by atoms with Gasteiger partial charge in [-0.2, -0.15) is 0 Å². The summed E-state index contributed by atoms with van der Waals surface area (Å²) in [4.78, 5) is 46.8. The Kier molecular flexibility index (Phi) is 13.1. The summed E-state index contributed by atoms with van der Waals surface area (Å²) in [7, 11) is 4.19. The molecular weight excluding hydrogens is 790 g/mol. The minimum Gasteiger partial charge on any atom is -0.460 e. The number of rotatable bonds is 12. The third kappa shape index (κ3) is 8.36. The fraction of sp³-hybridized carbons (Fsp3) is 0.722.